The van der Waals surface area contributed by atoms with E-state index in [1.165, 1.54) is 0 Å². The number of para-hydroxylation sites is 1. The number of benzene rings is 3. The van der Waals surface area contributed by atoms with Crippen LogP contribution in [0.3, 0.4) is 0 Å². The lowest BCUT2D eigenvalue weighted by atomic mass is 9.97. The molecule has 0 saturated carbocycles. The number of carbonyl (C=O) groups is 2. The Balaban J connectivity index is 1.42. The van der Waals surface area contributed by atoms with Gasteiger partial charge in [0.2, 0.25) is 5.91 Å². The maximum Gasteiger partial charge on any atom is 0.255 e. The zero-order valence-corrected chi connectivity index (χ0v) is 18.6. The number of ether oxygens (including phenoxy) is 1. The van der Waals surface area contributed by atoms with E-state index in [1.807, 2.05) is 67.7 Å². The van der Waals surface area contributed by atoms with Crippen LogP contribution in [0.5, 0.6) is 5.75 Å². The van der Waals surface area contributed by atoms with Crippen LogP contribution in [0.1, 0.15) is 33.1 Å². The first-order valence-corrected chi connectivity index (χ1v) is 10.9. The lowest BCUT2D eigenvalue weighted by Crippen LogP contribution is -2.39. The van der Waals surface area contributed by atoms with E-state index in [4.69, 9.17) is 4.74 Å². The lowest BCUT2D eigenvalue weighted by Gasteiger charge is -2.25. The molecule has 0 fully saturated rings. The predicted molar refractivity (Wildman–Crippen MR) is 127 cm³/mol. The predicted octanol–water partition coefficient (Wildman–Crippen LogP) is 4.05. The van der Waals surface area contributed by atoms with Gasteiger partial charge in [0.05, 0.1) is 13.2 Å². The minimum absolute atomic E-state index is 0.0163. The van der Waals surface area contributed by atoms with Crippen LogP contribution in [-0.2, 0) is 18.4 Å². The topological polar surface area (TPSA) is 63.6 Å². The molecule has 2 amide bonds. The number of aryl methyl sites for hydroxylation is 1. The molecular weight excluding hydrogens is 414 g/mol. The molecule has 0 bridgehead atoms. The van der Waals surface area contributed by atoms with E-state index in [-0.39, 0.29) is 24.4 Å². The molecule has 1 aliphatic rings. The van der Waals surface area contributed by atoms with E-state index in [0.29, 0.717) is 12.1 Å². The Kier molecular flexibility index (Phi) is 5.34. The molecule has 0 aliphatic carbocycles. The summed E-state index contributed by atoms with van der Waals surface area (Å²) in [6, 6.07) is 23.0. The van der Waals surface area contributed by atoms with Gasteiger partial charge >= 0.3 is 0 Å². The Labute approximate surface area is 192 Å². The first-order chi connectivity index (χ1) is 16.1. The summed E-state index contributed by atoms with van der Waals surface area (Å²) >= 11 is 0. The van der Waals surface area contributed by atoms with E-state index in [9.17, 15) is 9.59 Å². The summed E-state index contributed by atoms with van der Waals surface area (Å²) in [4.78, 5) is 27.9. The lowest BCUT2D eigenvalue weighted by molar-refractivity contribution is -0.122. The Hall–Kier alpha value is -4.06. The zero-order chi connectivity index (χ0) is 22.9. The van der Waals surface area contributed by atoms with Crippen molar-refractivity contribution < 1.29 is 14.3 Å². The number of carbonyl (C=O) groups excluding carboxylic acids is 2. The molecular formula is C27H25N3O3. The number of fused-ring (bicyclic) bond motifs is 2. The van der Waals surface area contributed by atoms with Crippen molar-refractivity contribution in [3.63, 3.8) is 0 Å². The van der Waals surface area contributed by atoms with Gasteiger partial charge in [-0.25, -0.2) is 0 Å². The molecule has 33 heavy (non-hydrogen) atoms. The molecule has 1 N–H and O–H groups in total. The Morgan fingerprint density at radius 3 is 2.48 bits per heavy atom. The van der Waals surface area contributed by atoms with E-state index in [0.717, 1.165) is 33.3 Å². The summed E-state index contributed by atoms with van der Waals surface area (Å²) in [6.45, 7) is 0.369. The van der Waals surface area contributed by atoms with Crippen LogP contribution in [0.25, 0.3) is 10.9 Å². The molecule has 6 heteroatoms. The van der Waals surface area contributed by atoms with Crippen LogP contribution in [0.4, 0.5) is 0 Å². The largest absolute Gasteiger partial charge is 0.497 e. The minimum Gasteiger partial charge on any atom is -0.497 e. The molecule has 166 valence electrons. The van der Waals surface area contributed by atoms with Crippen LogP contribution in [0.2, 0.25) is 0 Å². The second kappa shape index (κ2) is 8.47. The van der Waals surface area contributed by atoms with Crippen molar-refractivity contribution in [1.29, 1.82) is 0 Å². The summed E-state index contributed by atoms with van der Waals surface area (Å²) in [5.41, 5.74) is 4.66. The number of hydrogen-bond acceptors (Lipinski definition) is 3. The second-order valence-electron chi connectivity index (χ2n) is 8.26. The summed E-state index contributed by atoms with van der Waals surface area (Å²) in [5.74, 6) is 0.448. The van der Waals surface area contributed by atoms with Crippen LogP contribution in [-0.4, -0.2) is 34.9 Å². The highest BCUT2D eigenvalue weighted by Crippen LogP contribution is 2.41. The first-order valence-electron chi connectivity index (χ1n) is 10.9. The van der Waals surface area contributed by atoms with Gasteiger partial charge in [0.15, 0.2) is 0 Å². The first kappa shape index (κ1) is 20.8. The zero-order valence-electron chi connectivity index (χ0n) is 18.6. The molecule has 4 aromatic rings. The molecule has 3 aromatic carbocycles. The highest BCUT2D eigenvalue weighted by Gasteiger charge is 2.39. The van der Waals surface area contributed by atoms with Crippen molar-refractivity contribution in [3.8, 4) is 5.75 Å². The van der Waals surface area contributed by atoms with E-state index < -0.39 is 0 Å². The SMILES string of the molecule is COc1ccc(CNC(=O)CN2C(=O)c3ccccc3[C@H]2c2cn(C)c3ccccc23)cc1. The molecule has 1 aromatic heterocycles. The van der Waals surface area contributed by atoms with Crippen LogP contribution < -0.4 is 10.1 Å². The monoisotopic (exact) mass is 439 g/mol. The molecule has 0 saturated heterocycles. The van der Waals surface area contributed by atoms with Crippen molar-refractivity contribution in [3.05, 3.63) is 101 Å². The molecule has 6 nitrogen and oxygen atoms in total. The summed E-state index contributed by atoms with van der Waals surface area (Å²) in [7, 11) is 3.62. The highest BCUT2D eigenvalue weighted by atomic mass is 16.5. The second-order valence-corrected chi connectivity index (χ2v) is 8.26. The molecule has 0 unspecified atom stereocenters. The number of nitrogens with zero attached hydrogens (tertiary/aromatic N) is 2. The summed E-state index contributed by atoms with van der Waals surface area (Å²) in [5, 5.41) is 4.03. The van der Waals surface area contributed by atoms with Crippen molar-refractivity contribution in [2.45, 2.75) is 12.6 Å². The third kappa shape index (κ3) is 3.74. The van der Waals surface area contributed by atoms with E-state index in [1.54, 1.807) is 12.0 Å². The Bertz CT molecular complexity index is 1340. The van der Waals surface area contributed by atoms with Crippen molar-refractivity contribution >= 4 is 22.7 Å². The smallest absolute Gasteiger partial charge is 0.255 e. The van der Waals surface area contributed by atoms with E-state index >= 15 is 0 Å². The third-order valence-corrected chi connectivity index (χ3v) is 6.24. The molecule has 5 rings (SSSR count). The summed E-state index contributed by atoms with van der Waals surface area (Å²) < 4.78 is 7.25. The van der Waals surface area contributed by atoms with Crippen LogP contribution in [0, 0.1) is 0 Å². The highest BCUT2D eigenvalue weighted by molar-refractivity contribution is 6.02. The fourth-order valence-corrected chi connectivity index (χ4v) is 4.61. The van der Waals surface area contributed by atoms with Gasteiger partial charge in [-0.3, -0.25) is 9.59 Å². The minimum atomic E-state index is -0.313. The quantitative estimate of drug-likeness (QED) is 0.493. The standard InChI is InChI=1S/C27H25N3O3/c1-29-16-23(20-7-5-6-10-24(20)29)26-21-8-3-4-9-22(21)27(32)30(26)17-25(31)28-15-18-11-13-19(33-2)14-12-18/h3-14,16,26H,15,17H2,1-2H3,(H,28,31)/t26-/m0/s1. The van der Waals surface area contributed by atoms with Crippen LogP contribution in [0.15, 0.2) is 79.0 Å². The van der Waals surface area contributed by atoms with Crippen molar-refractivity contribution in [1.82, 2.24) is 14.8 Å². The molecule has 1 atom stereocenters. The normalized spacial score (nSPS) is 15.0. The molecule has 1 aliphatic heterocycles. The maximum atomic E-state index is 13.3. The maximum absolute atomic E-state index is 13.3. The van der Waals surface area contributed by atoms with Gasteiger partial charge < -0.3 is 19.5 Å². The van der Waals surface area contributed by atoms with Gasteiger partial charge in [0.25, 0.3) is 5.91 Å². The number of hydrogen-bond donors (Lipinski definition) is 1. The van der Waals surface area contributed by atoms with Gasteiger partial charge in [0.1, 0.15) is 12.3 Å². The Morgan fingerprint density at radius 1 is 0.970 bits per heavy atom. The molecule has 0 radical (unpaired) electrons. The molecule has 2 heterocycles. The van der Waals surface area contributed by atoms with Gasteiger partial charge in [-0.1, -0.05) is 48.5 Å². The molecule has 0 spiro atoms. The number of amides is 2. The van der Waals surface area contributed by atoms with Crippen molar-refractivity contribution in [2.24, 2.45) is 7.05 Å². The third-order valence-electron chi connectivity index (χ3n) is 6.24. The van der Waals surface area contributed by atoms with Crippen LogP contribution >= 0.6 is 0 Å². The van der Waals surface area contributed by atoms with Gasteiger partial charge in [0, 0.05) is 41.8 Å². The van der Waals surface area contributed by atoms with E-state index in [2.05, 4.69) is 28.2 Å². The number of methoxy groups -OCH3 is 1. The number of rotatable bonds is 6. The van der Waals surface area contributed by atoms with Gasteiger partial charge in [-0.2, -0.15) is 0 Å². The number of nitrogens with one attached hydrogen (secondary N) is 1. The van der Waals surface area contributed by atoms with Gasteiger partial charge in [-0.05, 0) is 35.4 Å². The average molecular weight is 440 g/mol. The van der Waals surface area contributed by atoms with Crippen molar-refractivity contribution in [2.75, 3.05) is 13.7 Å². The summed E-state index contributed by atoms with van der Waals surface area (Å²) in [6.07, 6.45) is 2.06. The number of aromatic nitrogens is 1. The van der Waals surface area contributed by atoms with Gasteiger partial charge in [-0.15, -0.1) is 0 Å². The Morgan fingerprint density at radius 2 is 1.70 bits per heavy atom. The fourth-order valence-electron chi connectivity index (χ4n) is 4.61. The fraction of sp³-hybridized carbons (Fsp3) is 0.185. The average Bonchev–Trinajstić information content (AvgIpc) is 3.32.